The van der Waals surface area contributed by atoms with Crippen LogP contribution in [0.15, 0.2) is 53.4 Å². The largest absolute Gasteiger partial charge is 0.362 e. The maximum Gasteiger partial charge on any atom is 0.293 e. The van der Waals surface area contributed by atoms with Crippen LogP contribution < -0.4 is 4.90 Å². The summed E-state index contributed by atoms with van der Waals surface area (Å²) in [5.41, 5.74) is 3.96. The van der Waals surface area contributed by atoms with Crippen molar-refractivity contribution in [3.05, 3.63) is 69.8 Å². The molecule has 6 nitrogen and oxygen atoms in total. The number of nitro groups is 1. The number of nitrogens with zero attached hydrogens (tertiary/aromatic N) is 2. The number of hydrogen-bond acceptors (Lipinski definition) is 5. The molecule has 0 bridgehead atoms. The van der Waals surface area contributed by atoms with Gasteiger partial charge in [0, 0.05) is 25.4 Å². The molecular formula is C20H22N2O4S. The van der Waals surface area contributed by atoms with Crippen LogP contribution in [-0.2, 0) is 16.3 Å². The summed E-state index contributed by atoms with van der Waals surface area (Å²) in [5.74, 6) is 0. The molecule has 0 spiro atoms. The van der Waals surface area contributed by atoms with Crippen molar-refractivity contribution in [3.63, 3.8) is 0 Å². The van der Waals surface area contributed by atoms with Crippen LogP contribution in [0.3, 0.4) is 0 Å². The van der Waals surface area contributed by atoms with E-state index in [1.54, 1.807) is 0 Å². The van der Waals surface area contributed by atoms with Crippen LogP contribution in [0.2, 0.25) is 0 Å². The molecule has 2 aromatic carbocycles. The minimum atomic E-state index is -3.49. The first-order valence-electron chi connectivity index (χ1n) is 8.81. The molecule has 1 heterocycles. The molecule has 0 aromatic heterocycles. The third-order valence-electron chi connectivity index (χ3n) is 4.85. The number of benzene rings is 2. The quantitative estimate of drug-likeness (QED) is 0.576. The fourth-order valence-corrected chi connectivity index (χ4v) is 3.89. The normalized spacial score (nSPS) is 14.7. The molecular weight excluding hydrogens is 364 g/mol. The molecule has 0 saturated heterocycles. The average molecular weight is 386 g/mol. The Morgan fingerprint density at radius 2 is 1.85 bits per heavy atom. The summed E-state index contributed by atoms with van der Waals surface area (Å²) in [7, 11) is -3.49. The molecule has 2 aromatic rings. The van der Waals surface area contributed by atoms with Gasteiger partial charge < -0.3 is 4.90 Å². The Labute approximate surface area is 159 Å². The molecule has 27 heavy (non-hydrogen) atoms. The minimum Gasteiger partial charge on any atom is -0.362 e. The van der Waals surface area contributed by atoms with E-state index in [9.17, 15) is 18.5 Å². The number of rotatable bonds is 5. The van der Waals surface area contributed by atoms with Crippen molar-refractivity contribution < 1.29 is 13.3 Å². The van der Waals surface area contributed by atoms with E-state index in [0.717, 1.165) is 25.2 Å². The van der Waals surface area contributed by atoms with E-state index < -0.39 is 14.8 Å². The number of anilines is 1. The van der Waals surface area contributed by atoms with Gasteiger partial charge in [-0.1, -0.05) is 37.3 Å². The van der Waals surface area contributed by atoms with E-state index >= 15 is 0 Å². The van der Waals surface area contributed by atoms with Crippen LogP contribution >= 0.6 is 0 Å². The van der Waals surface area contributed by atoms with Crippen LogP contribution in [0.25, 0.3) is 5.57 Å². The summed E-state index contributed by atoms with van der Waals surface area (Å²) in [6.07, 6.45) is 4.90. The summed E-state index contributed by atoms with van der Waals surface area (Å²) in [6, 6.07) is 12.6. The van der Waals surface area contributed by atoms with Crippen LogP contribution in [0.1, 0.15) is 24.5 Å². The van der Waals surface area contributed by atoms with Crippen molar-refractivity contribution in [1.29, 1.82) is 0 Å². The number of aryl methyl sites for hydroxylation is 1. The van der Waals surface area contributed by atoms with Crippen molar-refractivity contribution in [2.24, 2.45) is 0 Å². The first kappa shape index (κ1) is 19.1. The summed E-state index contributed by atoms with van der Waals surface area (Å²) in [5, 5.41) is 11.5. The average Bonchev–Trinajstić information content (AvgIpc) is 2.67. The SMILES string of the molecule is CCc1ccc(C2=CCN(c3ccc(S(C)(=O)=O)cc3[N+](=O)[O-])CC2)cc1. The molecule has 7 heteroatoms. The van der Waals surface area contributed by atoms with Crippen LogP contribution in [0, 0.1) is 10.1 Å². The fourth-order valence-electron chi connectivity index (χ4n) is 3.25. The first-order valence-corrected chi connectivity index (χ1v) is 10.7. The molecule has 142 valence electrons. The van der Waals surface area contributed by atoms with Crippen molar-refractivity contribution in [3.8, 4) is 0 Å². The third kappa shape index (κ3) is 4.19. The summed E-state index contributed by atoms with van der Waals surface area (Å²) in [6.45, 7) is 3.30. The Hall–Kier alpha value is -2.67. The molecule has 0 saturated carbocycles. The Bertz CT molecular complexity index is 995. The molecule has 0 unspecified atom stereocenters. The molecule has 0 fully saturated rings. The van der Waals surface area contributed by atoms with Crippen molar-refractivity contribution in [2.45, 2.75) is 24.7 Å². The molecule has 0 aliphatic carbocycles. The predicted molar refractivity (Wildman–Crippen MR) is 107 cm³/mol. The molecule has 0 atom stereocenters. The van der Waals surface area contributed by atoms with Gasteiger partial charge in [-0.3, -0.25) is 10.1 Å². The van der Waals surface area contributed by atoms with Crippen LogP contribution in [0.5, 0.6) is 0 Å². The highest BCUT2D eigenvalue weighted by Crippen LogP contribution is 2.33. The lowest BCUT2D eigenvalue weighted by Gasteiger charge is -2.28. The molecule has 0 amide bonds. The molecule has 0 radical (unpaired) electrons. The zero-order valence-electron chi connectivity index (χ0n) is 15.4. The number of sulfone groups is 1. The maximum atomic E-state index is 11.7. The predicted octanol–water partition coefficient (Wildman–Crippen LogP) is 3.85. The van der Waals surface area contributed by atoms with E-state index in [1.165, 1.54) is 28.8 Å². The third-order valence-corrected chi connectivity index (χ3v) is 5.96. The lowest BCUT2D eigenvalue weighted by molar-refractivity contribution is -0.384. The van der Waals surface area contributed by atoms with Gasteiger partial charge in [0.1, 0.15) is 5.69 Å². The summed E-state index contributed by atoms with van der Waals surface area (Å²) < 4.78 is 23.4. The zero-order valence-corrected chi connectivity index (χ0v) is 16.2. The molecule has 3 rings (SSSR count). The van der Waals surface area contributed by atoms with Crippen LogP contribution in [0.4, 0.5) is 11.4 Å². The molecule has 1 aliphatic heterocycles. The lowest BCUT2D eigenvalue weighted by atomic mass is 9.97. The Kier molecular flexibility index (Phi) is 5.32. The van der Waals surface area contributed by atoms with E-state index in [4.69, 9.17) is 0 Å². The van der Waals surface area contributed by atoms with Gasteiger partial charge in [0.25, 0.3) is 5.69 Å². The summed E-state index contributed by atoms with van der Waals surface area (Å²) >= 11 is 0. The fraction of sp³-hybridized carbons (Fsp3) is 0.300. The zero-order chi connectivity index (χ0) is 19.6. The van der Waals surface area contributed by atoms with Crippen molar-refractivity contribution in [2.75, 3.05) is 24.2 Å². The second-order valence-corrected chi connectivity index (χ2v) is 8.67. The van der Waals surface area contributed by atoms with E-state index in [-0.39, 0.29) is 10.6 Å². The lowest BCUT2D eigenvalue weighted by Crippen LogP contribution is -2.28. The molecule has 0 N–H and O–H groups in total. The van der Waals surface area contributed by atoms with E-state index in [2.05, 4.69) is 37.3 Å². The van der Waals surface area contributed by atoms with Gasteiger partial charge in [-0.25, -0.2) is 8.42 Å². The Morgan fingerprint density at radius 3 is 2.37 bits per heavy atom. The van der Waals surface area contributed by atoms with Crippen molar-refractivity contribution >= 4 is 26.8 Å². The van der Waals surface area contributed by atoms with E-state index in [1.807, 2.05) is 4.90 Å². The van der Waals surface area contributed by atoms with Gasteiger partial charge >= 0.3 is 0 Å². The van der Waals surface area contributed by atoms with Gasteiger partial charge in [0.05, 0.1) is 9.82 Å². The second kappa shape index (κ2) is 7.52. The van der Waals surface area contributed by atoms with Crippen LogP contribution in [-0.4, -0.2) is 32.7 Å². The smallest absolute Gasteiger partial charge is 0.293 e. The van der Waals surface area contributed by atoms with E-state index in [0.29, 0.717) is 18.8 Å². The summed E-state index contributed by atoms with van der Waals surface area (Å²) in [4.78, 5) is 12.8. The highest BCUT2D eigenvalue weighted by atomic mass is 32.2. The van der Waals surface area contributed by atoms with Gasteiger partial charge in [-0.2, -0.15) is 0 Å². The highest BCUT2D eigenvalue weighted by Gasteiger charge is 2.24. The topological polar surface area (TPSA) is 80.5 Å². The minimum absolute atomic E-state index is 0.0396. The Morgan fingerprint density at radius 1 is 1.15 bits per heavy atom. The number of hydrogen-bond donors (Lipinski definition) is 0. The maximum absolute atomic E-state index is 11.7. The van der Waals surface area contributed by atoms with Gasteiger partial charge in [-0.15, -0.1) is 0 Å². The van der Waals surface area contributed by atoms with Gasteiger partial charge in [-0.05, 0) is 41.7 Å². The Balaban J connectivity index is 1.86. The highest BCUT2D eigenvalue weighted by molar-refractivity contribution is 7.90. The van der Waals surface area contributed by atoms with Crippen molar-refractivity contribution in [1.82, 2.24) is 0 Å². The standard InChI is InChI=1S/C20H22N2O4S/c1-3-15-4-6-16(7-5-15)17-10-12-21(13-11-17)19-9-8-18(27(2,25)26)14-20(19)22(23)24/h4-10,14H,3,11-13H2,1-2H3. The van der Waals surface area contributed by atoms with Gasteiger partial charge in [0.15, 0.2) is 9.84 Å². The second-order valence-electron chi connectivity index (χ2n) is 6.66. The number of nitro benzene ring substituents is 1. The monoisotopic (exact) mass is 386 g/mol. The molecule has 1 aliphatic rings. The van der Waals surface area contributed by atoms with Gasteiger partial charge in [0.2, 0.25) is 0 Å². The first-order chi connectivity index (χ1) is 12.8.